The van der Waals surface area contributed by atoms with Crippen LogP contribution in [0.15, 0.2) is 60.7 Å². The van der Waals surface area contributed by atoms with Gasteiger partial charge in [-0.15, -0.1) is 0 Å². The highest BCUT2D eigenvalue weighted by Gasteiger charge is 2.11. The van der Waals surface area contributed by atoms with E-state index in [2.05, 4.69) is 15.5 Å². The first-order valence-corrected chi connectivity index (χ1v) is 11.1. The summed E-state index contributed by atoms with van der Waals surface area (Å²) in [6, 6.07) is 19.0. The number of ether oxygens (including phenoxy) is 1. The van der Waals surface area contributed by atoms with Crippen LogP contribution in [0.25, 0.3) is 0 Å². The maximum atomic E-state index is 12.3. The molecule has 0 radical (unpaired) electrons. The Kier molecular flexibility index (Phi) is 12.0. The SMILES string of the molecule is COCCCCCCN(CCC(=O)Nc1ccccc1)CCC(=O)Nc1ccccc1. The van der Waals surface area contributed by atoms with Gasteiger partial charge in [-0.3, -0.25) is 9.59 Å². The molecule has 0 spiro atoms. The van der Waals surface area contributed by atoms with Gasteiger partial charge in [-0.05, 0) is 43.7 Å². The second-order valence-corrected chi connectivity index (χ2v) is 7.58. The van der Waals surface area contributed by atoms with Gasteiger partial charge in [0, 0.05) is 51.0 Å². The fourth-order valence-corrected chi connectivity index (χ4v) is 3.28. The average Bonchev–Trinajstić information content (AvgIpc) is 2.78. The first kappa shape index (κ1) is 24.6. The number of hydrogen-bond acceptors (Lipinski definition) is 4. The van der Waals surface area contributed by atoms with Crippen LogP contribution in [0.5, 0.6) is 0 Å². The third-order valence-corrected chi connectivity index (χ3v) is 5.00. The van der Waals surface area contributed by atoms with E-state index in [-0.39, 0.29) is 11.8 Å². The van der Waals surface area contributed by atoms with Gasteiger partial charge in [0.1, 0.15) is 0 Å². The van der Waals surface area contributed by atoms with Crippen LogP contribution in [0, 0.1) is 0 Å². The molecular formula is C25H35N3O3. The van der Waals surface area contributed by atoms with Gasteiger partial charge in [-0.1, -0.05) is 49.2 Å². The minimum Gasteiger partial charge on any atom is -0.385 e. The Morgan fingerprint density at radius 1 is 0.710 bits per heavy atom. The van der Waals surface area contributed by atoms with Crippen LogP contribution < -0.4 is 10.6 Å². The lowest BCUT2D eigenvalue weighted by atomic mass is 10.2. The van der Waals surface area contributed by atoms with Gasteiger partial charge in [-0.25, -0.2) is 0 Å². The number of carbonyl (C=O) groups is 2. The van der Waals surface area contributed by atoms with Crippen LogP contribution in [0.4, 0.5) is 11.4 Å². The lowest BCUT2D eigenvalue weighted by molar-refractivity contribution is -0.116. The fourth-order valence-electron chi connectivity index (χ4n) is 3.28. The van der Waals surface area contributed by atoms with Gasteiger partial charge in [0.05, 0.1) is 0 Å². The molecule has 0 aliphatic carbocycles. The van der Waals surface area contributed by atoms with Crippen molar-refractivity contribution < 1.29 is 14.3 Å². The molecule has 2 N–H and O–H groups in total. The maximum absolute atomic E-state index is 12.3. The van der Waals surface area contributed by atoms with E-state index >= 15 is 0 Å². The number of methoxy groups -OCH3 is 1. The molecule has 6 nitrogen and oxygen atoms in total. The molecular weight excluding hydrogens is 390 g/mol. The van der Waals surface area contributed by atoms with E-state index in [9.17, 15) is 9.59 Å². The van der Waals surface area contributed by atoms with Crippen LogP contribution in [0.2, 0.25) is 0 Å². The number of carbonyl (C=O) groups excluding carboxylic acids is 2. The first-order chi connectivity index (χ1) is 15.2. The number of benzene rings is 2. The Balaban J connectivity index is 1.77. The zero-order chi connectivity index (χ0) is 22.2. The van der Waals surface area contributed by atoms with E-state index in [1.807, 2.05) is 60.7 Å². The van der Waals surface area contributed by atoms with Crippen molar-refractivity contribution in [3.8, 4) is 0 Å². The Hall–Kier alpha value is -2.70. The summed E-state index contributed by atoms with van der Waals surface area (Å²) in [5.74, 6) is -0.0185. The number of para-hydroxylation sites is 2. The van der Waals surface area contributed by atoms with Gasteiger partial charge >= 0.3 is 0 Å². The van der Waals surface area contributed by atoms with E-state index in [1.165, 1.54) is 0 Å². The summed E-state index contributed by atoms with van der Waals surface area (Å²) in [5, 5.41) is 5.85. The van der Waals surface area contributed by atoms with Crippen LogP contribution >= 0.6 is 0 Å². The summed E-state index contributed by atoms with van der Waals surface area (Å²) < 4.78 is 5.10. The number of unbranched alkanes of at least 4 members (excludes halogenated alkanes) is 3. The van der Waals surface area contributed by atoms with Crippen molar-refractivity contribution in [3.63, 3.8) is 0 Å². The molecule has 0 saturated heterocycles. The molecule has 0 aromatic heterocycles. The van der Waals surface area contributed by atoms with Crippen molar-refractivity contribution in [1.29, 1.82) is 0 Å². The summed E-state index contributed by atoms with van der Waals surface area (Å²) in [5.41, 5.74) is 1.61. The Labute approximate surface area is 186 Å². The highest BCUT2D eigenvalue weighted by Crippen LogP contribution is 2.09. The molecule has 2 amide bonds. The van der Waals surface area contributed by atoms with E-state index in [0.717, 1.165) is 50.2 Å². The zero-order valence-electron chi connectivity index (χ0n) is 18.5. The van der Waals surface area contributed by atoms with E-state index < -0.39 is 0 Å². The summed E-state index contributed by atoms with van der Waals surface area (Å²) in [6.07, 6.45) is 5.16. The fraction of sp³-hybridized carbons (Fsp3) is 0.440. The minimum absolute atomic E-state index is 0.00923. The topological polar surface area (TPSA) is 70.7 Å². The lowest BCUT2D eigenvalue weighted by Gasteiger charge is -2.22. The summed E-state index contributed by atoms with van der Waals surface area (Å²) >= 11 is 0. The van der Waals surface area contributed by atoms with Gasteiger partial charge in [0.2, 0.25) is 11.8 Å². The number of nitrogens with one attached hydrogen (secondary N) is 2. The Morgan fingerprint density at radius 2 is 1.19 bits per heavy atom. The normalized spacial score (nSPS) is 10.8. The summed E-state index contributed by atoms with van der Waals surface area (Å²) in [4.78, 5) is 26.8. The number of anilines is 2. The molecule has 2 aromatic rings. The molecule has 2 aromatic carbocycles. The van der Waals surface area contributed by atoms with Crippen LogP contribution in [-0.2, 0) is 14.3 Å². The quantitative estimate of drug-likeness (QED) is 0.411. The molecule has 168 valence electrons. The van der Waals surface area contributed by atoms with Crippen molar-refractivity contribution in [2.24, 2.45) is 0 Å². The zero-order valence-corrected chi connectivity index (χ0v) is 18.5. The lowest BCUT2D eigenvalue weighted by Crippen LogP contribution is -2.32. The predicted octanol–water partition coefficient (Wildman–Crippen LogP) is 4.55. The van der Waals surface area contributed by atoms with E-state index in [1.54, 1.807) is 7.11 Å². The summed E-state index contributed by atoms with van der Waals surface area (Å²) in [7, 11) is 1.72. The van der Waals surface area contributed by atoms with Gasteiger partial charge in [0.15, 0.2) is 0 Å². The standard InChI is InChI=1S/C25H35N3O3/c1-31-21-11-3-2-10-18-28(19-16-24(29)26-22-12-6-4-7-13-22)20-17-25(30)27-23-14-8-5-9-15-23/h4-9,12-15H,2-3,10-11,16-21H2,1H3,(H,26,29)(H,27,30). The van der Waals surface area contributed by atoms with Gasteiger partial charge < -0.3 is 20.3 Å². The summed E-state index contributed by atoms with van der Waals surface area (Å²) in [6.45, 7) is 2.94. The molecule has 6 heteroatoms. The van der Waals surface area contributed by atoms with Crippen molar-refractivity contribution in [3.05, 3.63) is 60.7 Å². The van der Waals surface area contributed by atoms with E-state index in [4.69, 9.17) is 4.74 Å². The molecule has 0 aliphatic heterocycles. The smallest absolute Gasteiger partial charge is 0.225 e. The van der Waals surface area contributed by atoms with Crippen molar-refractivity contribution in [2.75, 3.05) is 44.0 Å². The minimum atomic E-state index is -0.00923. The molecule has 0 aliphatic rings. The van der Waals surface area contributed by atoms with Crippen molar-refractivity contribution >= 4 is 23.2 Å². The molecule has 2 rings (SSSR count). The molecule has 0 fully saturated rings. The molecule has 31 heavy (non-hydrogen) atoms. The Morgan fingerprint density at radius 3 is 1.68 bits per heavy atom. The third-order valence-electron chi connectivity index (χ3n) is 5.00. The second kappa shape index (κ2) is 15.2. The average molecular weight is 426 g/mol. The molecule has 0 heterocycles. The predicted molar refractivity (Wildman–Crippen MR) is 126 cm³/mol. The maximum Gasteiger partial charge on any atom is 0.225 e. The van der Waals surface area contributed by atoms with Crippen LogP contribution in [0.3, 0.4) is 0 Å². The van der Waals surface area contributed by atoms with E-state index in [0.29, 0.717) is 25.9 Å². The highest BCUT2D eigenvalue weighted by atomic mass is 16.5. The highest BCUT2D eigenvalue weighted by molar-refractivity contribution is 5.91. The largest absolute Gasteiger partial charge is 0.385 e. The monoisotopic (exact) mass is 425 g/mol. The number of hydrogen-bond donors (Lipinski definition) is 2. The number of amides is 2. The van der Waals surface area contributed by atoms with Crippen LogP contribution in [-0.4, -0.2) is 50.1 Å². The van der Waals surface area contributed by atoms with Gasteiger partial charge in [0.25, 0.3) is 0 Å². The van der Waals surface area contributed by atoms with Crippen LogP contribution in [0.1, 0.15) is 38.5 Å². The number of nitrogens with zero attached hydrogens (tertiary/aromatic N) is 1. The van der Waals surface area contributed by atoms with Crippen molar-refractivity contribution in [2.45, 2.75) is 38.5 Å². The Bertz CT molecular complexity index is 696. The second-order valence-electron chi connectivity index (χ2n) is 7.58. The third kappa shape index (κ3) is 11.3. The molecule has 0 unspecified atom stereocenters. The molecule has 0 saturated carbocycles. The first-order valence-electron chi connectivity index (χ1n) is 11.1. The van der Waals surface area contributed by atoms with Crippen molar-refractivity contribution in [1.82, 2.24) is 4.90 Å². The number of rotatable bonds is 15. The molecule has 0 atom stereocenters. The van der Waals surface area contributed by atoms with Gasteiger partial charge in [-0.2, -0.15) is 0 Å². The molecule has 0 bridgehead atoms.